The number of allylic oxidation sites excluding steroid dienone is 4. The molecule has 0 aromatic rings. The average molecular weight is 559 g/mol. The van der Waals surface area contributed by atoms with Crippen molar-refractivity contribution in [1.82, 2.24) is 4.90 Å². The van der Waals surface area contributed by atoms with Crippen LogP contribution in [-0.2, 0) is 14.4 Å². The number of fused-ring (bicyclic) bond motifs is 7. The number of hydrogen-bond donors (Lipinski definition) is 0. The van der Waals surface area contributed by atoms with Crippen LogP contribution in [0.25, 0.3) is 0 Å². The molecule has 222 valence electrons. The minimum Gasteiger partial charge on any atom is -0.343 e. The number of Topliss-reactive ketones (excluding diaryl/α,β-unsaturated/α-hetero) is 1. The standard InChI is InChI=1S/C36H50N2O3/c1-22-9-13-36(14-11-28(40)38-17-8-18-38)16-15-35(7)30(29(36)23(22)2)25(39)19-27-33(5)20-24(21-37)31(41)32(3,4)26(33)10-12-34(27,35)6/h19-20,22-23,26,29-30H,8-18H2,1-7H3/t22-,23+,26+,29+,30-,33+,34-,35-,36+/m1/s1. The number of hydrogen-bond acceptors (Lipinski definition) is 4. The Bertz CT molecular complexity index is 1300. The summed E-state index contributed by atoms with van der Waals surface area (Å²) in [5, 5.41) is 9.95. The summed E-state index contributed by atoms with van der Waals surface area (Å²) in [7, 11) is 0. The van der Waals surface area contributed by atoms with E-state index in [1.54, 1.807) is 0 Å². The number of likely N-dealkylation sites (tertiary alicyclic amines) is 1. The van der Waals surface area contributed by atoms with E-state index in [-0.39, 0.29) is 51.1 Å². The molecule has 0 N–H and O–H groups in total. The molecule has 5 heteroatoms. The number of rotatable bonds is 3. The third kappa shape index (κ3) is 3.67. The zero-order valence-electron chi connectivity index (χ0n) is 26.4. The fourth-order valence-electron chi connectivity index (χ4n) is 11.5. The summed E-state index contributed by atoms with van der Waals surface area (Å²) < 4.78 is 0. The van der Waals surface area contributed by atoms with Crippen LogP contribution in [0.1, 0.15) is 106 Å². The van der Waals surface area contributed by atoms with Gasteiger partial charge < -0.3 is 4.90 Å². The van der Waals surface area contributed by atoms with Gasteiger partial charge in [-0.1, -0.05) is 60.1 Å². The van der Waals surface area contributed by atoms with Crippen molar-refractivity contribution in [2.45, 2.75) is 106 Å². The zero-order valence-corrected chi connectivity index (χ0v) is 26.4. The summed E-state index contributed by atoms with van der Waals surface area (Å²) >= 11 is 0. The SMILES string of the molecule is C[C@@H]1[C@H]2[C@H]3C(=O)C=C4[C@@]5(C)C=C(C#N)C(=O)C(C)(C)[C@@H]5CC[C@@]4(C)[C@]3(C)CC[C@@]2(CCC(=O)N2CCC2)CC[C@H]1C. The second-order valence-electron chi connectivity index (χ2n) is 16.3. The Balaban J connectivity index is 1.44. The molecular weight excluding hydrogens is 508 g/mol. The Morgan fingerprint density at radius 2 is 1.73 bits per heavy atom. The van der Waals surface area contributed by atoms with Crippen LogP contribution in [0.5, 0.6) is 0 Å². The fourth-order valence-corrected chi connectivity index (χ4v) is 11.5. The minimum absolute atomic E-state index is 0.0439. The highest BCUT2D eigenvalue weighted by atomic mass is 16.2. The highest BCUT2D eigenvalue weighted by Crippen LogP contribution is 2.75. The largest absolute Gasteiger partial charge is 0.343 e. The maximum Gasteiger partial charge on any atom is 0.222 e. The fraction of sp³-hybridized carbons (Fsp3) is 0.778. The van der Waals surface area contributed by atoms with Crippen molar-refractivity contribution in [1.29, 1.82) is 5.26 Å². The third-order valence-electron chi connectivity index (χ3n) is 14.5. The van der Waals surface area contributed by atoms with Gasteiger partial charge in [0.05, 0.1) is 5.57 Å². The van der Waals surface area contributed by atoms with Gasteiger partial charge in [0.2, 0.25) is 5.91 Å². The summed E-state index contributed by atoms with van der Waals surface area (Å²) in [6.45, 7) is 17.6. The number of ketones is 2. The van der Waals surface area contributed by atoms with Crippen LogP contribution < -0.4 is 0 Å². The lowest BCUT2D eigenvalue weighted by Gasteiger charge is -2.69. The van der Waals surface area contributed by atoms with Crippen molar-refractivity contribution in [2.24, 2.45) is 56.7 Å². The Labute approximate surface area is 247 Å². The smallest absolute Gasteiger partial charge is 0.222 e. The van der Waals surface area contributed by atoms with Gasteiger partial charge in [-0.15, -0.1) is 0 Å². The average Bonchev–Trinajstić information content (AvgIpc) is 2.88. The Morgan fingerprint density at radius 3 is 2.37 bits per heavy atom. The highest BCUT2D eigenvalue weighted by Gasteiger charge is 2.70. The first-order chi connectivity index (χ1) is 19.2. The van der Waals surface area contributed by atoms with Gasteiger partial charge in [0.1, 0.15) is 6.07 Å². The van der Waals surface area contributed by atoms with Crippen LogP contribution in [0.2, 0.25) is 0 Å². The number of carbonyl (C=O) groups excluding carboxylic acids is 3. The number of nitrogens with zero attached hydrogens (tertiary/aromatic N) is 2. The molecule has 0 unspecified atom stereocenters. The van der Waals surface area contributed by atoms with Crippen LogP contribution in [0.3, 0.4) is 0 Å². The molecular formula is C36H50N2O3. The zero-order chi connectivity index (χ0) is 29.8. The van der Waals surface area contributed by atoms with Gasteiger partial charge in [0.25, 0.3) is 0 Å². The van der Waals surface area contributed by atoms with E-state index in [4.69, 9.17) is 0 Å². The molecule has 4 fully saturated rings. The minimum atomic E-state index is -0.643. The Kier molecular flexibility index (Phi) is 6.44. The van der Waals surface area contributed by atoms with Crippen molar-refractivity contribution in [3.05, 3.63) is 23.3 Å². The number of amides is 1. The molecule has 0 aromatic carbocycles. The van der Waals surface area contributed by atoms with Crippen molar-refractivity contribution in [3.8, 4) is 6.07 Å². The van der Waals surface area contributed by atoms with E-state index in [1.165, 1.54) is 6.42 Å². The lowest BCUT2D eigenvalue weighted by atomic mass is 9.33. The van der Waals surface area contributed by atoms with E-state index >= 15 is 0 Å². The topological polar surface area (TPSA) is 78.2 Å². The Hall–Kier alpha value is -2.22. The molecule has 1 heterocycles. The van der Waals surface area contributed by atoms with Crippen molar-refractivity contribution in [2.75, 3.05) is 13.1 Å². The van der Waals surface area contributed by atoms with Crippen LogP contribution in [0, 0.1) is 68.0 Å². The molecule has 0 bridgehead atoms. The van der Waals surface area contributed by atoms with Gasteiger partial charge in [0, 0.05) is 36.3 Å². The molecule has 5 aliphatic carbocycles. The second kappa shape index (κ2) is 9.14. The summed E-state index contributed by atoms with van der Waals surface area (Å²) in [5.74, 6) is 1.77. The van der Waals surface area contributed by atoms with E-state index < -0.39 is 10.8 Å². The molecule has 1 saturated heterocycles. The summed E-state index contributed by atoms with van der Waals surface area (Å²) in [6, 6.07) is 2.21. The van der Waals surface area contributed by atoms with Crippen LogP contribution in [-0.4, -0.2) is 35.5 Å². The predicted octanol–water partition coefficient (Wildman–Crippen LogP) is 7.07. The van der Waals surface area contributed by atoms with Crippen molar-refractivity contribution in [3.63, 3.8) is 0 Å². The first-order valence-corrected chi connectivity index (χ1v) is 16.4. The lowest BCUT2D eigenvalue weighted by molar-refractivity contribution is -0.179. The van der Waals surface area contributed by atoms with Crippen LogP contribution in [0.4, 0.5) is 0 Å². The molecule has 1 amide bonds. The molecule has 5 nitrogen and oxygen atoms in total. The first-order valence-electron chi connectivity index (χ1n) is 16.4. The normalized spacial score (nSPS) is 46.5. The van der Waals surface area contributed by atoms with Crippen LogP contribution in [0.15, 0.2) is 23.3 Å². The monoisotopic (exact) mass is 558 g/mol. The van der Waals surface area contributed by atoms with Gasteiger partial charge in [-0.2, -0.15) is 5.26 Å². The number of nitriles is 1. The summed E-state index contributed by atoms with van der Waals surface area (Å²) in [6.07, 6.45) is 12.8. The molecule has 0 spiro atoms. The van der Waals surface area contributed by atoms with E-state index in [0.29, 0.717) is 24.2 Å². The third-order valence-corrected chi connectivity index (χ3v) is 14.5. The molecule has 6 aliphatic rings. The predicted molar refractivity (Wildman–Crippen MR) is 159 cm³/mol. The molecule has 41 heavy (non-hydrogen) atoms. The molecule has 1 aliphatic heterocycles. The number of carbonyl (C=O) groups is 3. The second-order valence-corrected chi connectivity index (χ2v) is 16.3. The van der Waals surface area contributed by atoms with Gasteiger partial charge in [0.15, 0.2) is 11.6 Å². The van der Waals surface area contributed by atoms with Crippen molar-refractivity contribution < 1.29 is 14.4 Å². The molecule has 3 saturated carbocycles. The lowest BCUT2D eigenvalue weighted by Crippen LogP contribution is -2.65. The molecule has 0 radical (unpaired) electrons. The first kappa shape index (κ1) is 28.9. The summed E-state index contributed by atoms with van der Waals surface area (Å²) in [4.78, 5) is 43.0. The van der Waals surface area contributed by atoms with E-state index in [9.17, 15) is 19.6 Å². The maximum atomic E-state index is 14.7. The maximum absolute atomic E-state index is 14.7. The Morgan fingerprint density at radius 1 is 1.02 bits per heavy atom. The van der Waals surface area contributed by atoms with Gasteiger partial charge in [-0.25, -0.2) is 0 Å². The molecule has 0 aromatic heterocycles. The quantitative estimate of drug-likeness (QED) is 0.371. The van der Waals surface area contributed by atoms with Gasteiger partial charge >= 0.3 is 0 Å². The summed E-state index contributed by atoms with van der Waals surface area (Å²) in [5.41, 5.74) is -0.0708. The van der Waals surface area contributed by atoms with E-state index in [0.717, 1.165) is 63.6 Å². The van der Waals surface area contributed by atoms with Crippen LogP contribution >= 0.6 is 0 Å². The van der Waals surface area contributed by atoms with E-state index in [1.807, 2.05) is 30.9 Å². The molecule has 9 atom stereocenters. The van der Waals surface area contributed by atoms with Crippen molar-refractivity contribution >= 4 is 17.5 Å². The van der Waals surface area contributed by atoms with Gasteiger partial charge in [-0.3, -0.25) is 14.4 Å². The van der Waals surface area contributed by atoms with E-state index in [2.05, 4.69) is 40.7 Å². The highest BCUT2D eigenvalue weighted by molar-refractivity contribution is 6.04. The van der Waals surface area contributed by atoms with Gasteiger partial charge in [-0.05, 0) is 97.4 Å². The molecule has 6 rings (SSSR count).